The van der Waals surface area contributed by atoms with Crippen LogP contribution in [0.3, 0.4) is 0 Å². The number of aryl methyl sites for hydroxylation is 1. The molecule has 54 heavy (non-hydrogen) atoms. The quantitative estimate of drug-likeness (QED) is 0.102. The molecule has 1 aliphatic heterocycles. The topological polar surface area (TPSA) is 163 Å². The number of carbonyl (C=O) groups is 3. The van der Waals surface area contributed by atoms with Gasteiger partial charge in [0.05, 0.1) is 24.2 Å². The van der Waals surface area contributed by atoms with Crippen LogP contribution in [-0.4, -0.2) is 81.8 Å². The number of nitrogens with zero attached hydrogens (tertiary/aromatic N) is 1. The van der Waals surface area contributed by atoms with Crippen LogP contribution in [0.4, 0.5) is 0 Å². The van der Waals surface area contributed by atoms with Gasteiger partial charge in [-0.3, -0.25) is 19.7 Å². The third kappa shape index (κ3) is 10.4. The smallest absolute Gasteiger partial charge is 0.241 e. The molecular formula is C42H53N5O7. The zero-order valence-electron chi connectivity index (χ0n) is 31.6. The summed E-state index contributed by atoms with van der Waals surface area (Å²) in [5.41, 5.74) is 3.95. The third-order valence-electron chi connectivity index (χ3n) is 10.0. The SMILES string of the molecule is CC[C@H](C)[C@@H](N[C@@H](Cc1cn(C)c2ccccc12)C(=O)N/C=C/c1ccc(O[C@@H]2O[C@H](C)[C@H](NC(C)=O)[C@H](O)[C@H]2O)cc1)C(=O)NCCc1ccccc1. The lowest BCUT2D eigenvalue weighted by Crippen LogP contribution is -2.63. The van der Waals surface area contributed by atoms with E-state index in [0.29, 0.717) is 25.1 Å². The molecular weight excluding hydrogens is 686 g/mol. The van der Waals surface area contributed by atoms with Crippen LogP contribution < -0.4 is 26.0 Å². The van der Waals surface area contributed by atoms with Crippen LogP contribution in [0.15, 0.2) is 91.3 Å². The average molecular weight is 740 g/mol. The number of nitrogens with one attached hydrogen (secondary N) is 4. The van der Waals surface area contributed by atoms with E-state index in [2.05, 4.69) is 21.3 Å². The number of aromatic nitrogens is 1. The lowest BCUT2D eigenvalue weighted by Gasteiger charge is -2.41. The van der Waals surface area contributed by atoms with Crippen LogP contribution in [0.5, 0.6) is 5.75 Å². The zero-order chi connectivity index (χ0) is 38.8. The number of aliphatic hydroxyl groups excluding tert-OH is 2. The average Bonchev–Trinajstić information content (AvgIpc) is 3.48. The first kappa shape index (κ1) is 40.2. The van der Waals surface area contributed by atoms with Crippen molar-refractivity contribution in [1.82, 2.24) is 25.8 Å². The van der Waals surface area contributed by atoms with Gasteiger partial charge in [0.1, 0.15) is 18.0 Å². The predicted octanol–water partition coefficient (Wildman–Crippen LogP) is 3.59. The normalized spacial score (nSPS) is 21.6. The van der Waals surface area contributed by atoms with Gasteiger partial charge in [0.2, 0.25) is 24.0 Å². The maximum Gasteiger partial charge on any atom is 0.241 e. The molecule has 3 aromatic carbocycles. The Balaban J connectivity index is 1.26. The van der Waals surface area contributed by atoms with Gasteiger partial charge in [-0.2, -0.15) is 0 Å². The number of carbonyl (C=O) groups excluding carboxylic acids is 3. The monoisotopic (exact) mass is 739 g/mol. The van der Waals surface area contributed by atoms with Crippen LogP contribution >= 0.6 is 0 Å². The van der Waals surface area contributed by atoms with Crippen LogP contribution in [0.1, 0.15) is 50.8 Å². The molecule has 5 rings (SSSR count). The zero-order valence-corrected chi connectivity index (χ0v) is 31.6. The summed E-state index contributed by atoms with van der Waals surface area (Å²) >= 11 is 0. The molecule has 6 N–H and O–H groups in total. The second kappa shape index (κ2) is 18.8. The second-order valence-corrected chi connectivity index (χ2v) is 14.0. The summed E-state index contributed by atoms with van der Waals surface area (Å²) in [6.07, 6.45) is 2.76. The maximum absolute atomic E-state index is 13.9. The number of amides is 3. The number of fused-ring (bicyclic) bond motifs is 1. The number of rotatable bonds is 16. The van der Waals surface area contributed by atoms with Crippen molar-refractivity contribution in [2.45, 2.75) is 89.7 Å². The van der Waals surface area contributed by atoms with Crippen molar-refractivity contribution in [3.63, 3.8) is 0 Å². The molecule has 0 radical (unpaired) electrons. The first-order chi connectivity index (χ1) is 25.9. The second-order valence-electron chi connectivity index (χ2n) is 14.0. The standard InChI is InChI=1S/C42H53N5O7/c1-6-26(2)36(41(52)44-23-20-29-12-8-7-9-13-29)46-34(24-31-25-47(5)35-15-11-10-14-33(31)35)40(51)43-22-21-30-16-18-32(19-17-30)54-42-39(50)38(49)37(27(3)53-42)45-28(4)48/h7-19,21-22,25-27,34,36-39,42,46,49-50H,6,20,23-24H2,1-5H3,(H,43,51)(H,44,52)(H,45,48)/b22-21+/t26-,27+,34-,36+,37-,38-,39+,42-/m0/s1. The summed E-state index contributed by atoms with van der Waals surface area (Å²) in [5, 5.41) is 34.2. The van der Waals surface area contributed by atoms with Gasteiger partial charge in [0.25, 0.3) is 0 Å². The Kier molecular flexibility index (Phi) is 14.0. The van der Waals surface area contributed by atoms with Crippen LogP contribution in [0.25, 0.3) is 17.0 Å². The molecule has 0 saturated carbocycles. The van der Waals surface area contributed by atoms with Crippen molar-refractivity contribution in [2.75, 3.05) is 6.54 Å². The largest absolute Gasteiger partial charge is 0.462 e. The minimum absolute atomic E-state index is 0.0361. The van der Waals surface area contributed by atoms with Crippen molar-refractivity contribution >= 4 is 34.7 Å². The molecule has 2 heterocycles. The number of benzene rings is 3. The van der Waals surface area contributed by atoms with E-state index < -0.39 is 42.7 Å². The Morgan fingerprint density at radius 3 is 2.37 bits per heavy atom. The highest BCUT2D eigenvalue weighted by Crippen LogP contribution is 2.25. The molecule has 0 bridgehead atoms. The Labute approximate surface area is 316 Å². The van der Waals surface area contributed by atoms with E-state index in [4.69, 9.17) is 9.47 Å². The predicted molar refractivity (Wildman–Crippen MR) is 208 cm³/mol. The maximum atomic E-state index is 13.9. The van der Waals surface area contributed by atoms with Gasteiger partial charge in [-0.15, -0.1) is 0 Å². The molecule has 1 fully saturated rings. The molecule has 0 unspecified atom stereocenters. The van der Waals surface area contributed by atoms with Gasteiger partial charge in [0.15, 0.2) is 0 Å². The number of ether oxygens (including phenoxy) is 2. The van der Waals surface area contributed by atoms with Gasteiger partial charge >= 0.3 is 0 Å². The number of aliphatic hydroxyl groups is 2. The minimum atomic E-state index is -1.39. The third-order valence-corrected chi connectivity index (χ3v) is 10.0. The summed E-state index contributed by atoms with van der Waals surface area (Å²) in [4.78, 5) is 39.1. The van der Waals surface area contributed by atoms with E-state index in [9.17, 15) is 24.6 Å². The van der Waals surface area contributed by atoms with Crippen LogP contribution in [0.2, 0.25) is 0 Å². The molecule has 0 aliphatic carbocycles. The van der Waals surface area contributed by atoms with Crippen LogP contribution in [0, 0.1) is 5.92 Å². The Morgan fingerprint density at radius 1 is 0.963 bits per heavy atom. The summed E-state index contributed by atoms with van der Waals surface area (Å²) in [6.45, 7) is 7.55. The van der Waals surface area contributed by atoms with Gasteiger partial charge in [-0.25, -0.2) is 0 Å². The molecule has 4 aromatic rings. The van der Waals surface area contributed by atoms with Crippen molar-refractivity contribution in [1.29, 1.82) is 0 Å². The Bertz CT molecular complexity index is 1880. The summed E-state index contributed by atoms with van der Waals surface area (Å²) in [6, 6.07) is 22.9. The molecule has 3 amide bonds. The first-order valence-electron chi connectivity index (χ1n) is 18.6. The molecule has 1 aromatic heterocycles. The fourth-order valence-corrected chi connectivity index (χ4v) is 6.75. The Morgan fingerprint density at radius 2 is 1.67 bits per heavy atom. The highest BCUT2D eigenvalue weighted by atomic mass is 16.7. The molecule has 288 valence electrons. The van der Waals surface area contributed by atoms with Gasteiger partial charge < -0.3 is 40.2 Å². The number of hydrogen-bond acceptors (Lipinski definition) is 8. The van der Waals surface area contributed by atoms with E-state index in [-0.39, 0.29) is 23.6 Å². The highest BCUT2D eigenvalue weighted by molar-refractivity contribution is 5.88. The van der Waals surface area contributed by atoms with E-state index >= 15 is 0 Å². The van der Waals surface area contributed by atoms with Crippen molar-refractivity contribution in [3.05, 3.63) is 108 Å². The van der Waals surface area contributed by atoms with Gasteiger partial charge in [-0.1, -0.05) is 80.9 Å². The molecule has 12 heteroatoms. The minimum Gasteiger partial charge on any atom is -0.462 e. The molecule has 0 spiro atoms. The molecule has 1 aliphatic rings. The summed E-state index contributed by atoms with van der Waals surface area (Å²) in [7, 11) is 1.98. The van der Waals surface area contributed by atoms with Gasteiger partial charge in [0, 0.05) is 43.8 Å². The lowest BCUT2D eigenvalue weighted by molar-refractivity contribution is -0.242. The van der Waals surface area contributed by atoms with E-state index in [1.165, 1.54) is 6.92 Å². The van der Waals surface area contributed by atoms with Gasteiger partial charge in [-0.05, 0) is 66.6 Å². The van der Waals surface area contributed by atoms with Crippen LogP contribution in [-0.2, 0) is 39.0 Å². The van der Waals surface area contributed by atoms with Crippen molar-refractivity contribution < 1.29 is 34.1 Å². The molecule has 1 saturated heterocycles. The molecule has 8 atom stereocenters. The summed E-state index contributed by atoms with van der Waals surface area (Å²) in [5.74, 6) is -0.402. The summed E-state index contributed by atoms with van der Waals surface area (Å²) < 4.78 is 13.6. The van der Waals surface area contributed by atoms with Crippen molar-refractivity contribution in [2.24, 2.45) is 13.0 Å². The van der Waals surface area contributed by atoms with E-state index in [0.717, 1.165) is 34.0 Å². The fraction of sp³-hybridized carbons (Fsp3) is 0.405. The van der Waals surface area contributed by atoms with E-state index in [1.54, 1.807) is 43.5 Å². The van der Waals surface area contributed by atoms with E-state index in [1.807, 2.05) is 86.3 Å². The number of hydrogen-bond donors (Lipinski definition) is 6. The lowest BCUT2D eigenvalue weighted by atomic mass is 9.95. The Hall–Kier alpha value is -5.01. The fourth-order valence-electron chi connectivity index (χ4n) is 6.75. The highest BCUT2D eigenvalue weighted by Gasteiger charge is 2.44. The van der Waals surface area contributed by atoms with Crippen molar-refractivity contribution in [3.8, 4) is 5.75 Å². The molecule has 12 nitrogen and oxygen atoms in total. The number of para-hydroxylation sites is 1. The first-order valence-corrected chi connectivity index (χ1v) is 18.6.